The van der Waals surface area contributed by atoms with Gasteiger partial charge in [-0.1, -0.05) is 0 Å². The number of hydrogen-bond donors (Lipinski definition) is 0. The molecular weight excluding hydrogens is 266 g/mol. The second-order valence-electron chi connectivity index (χ2n) is 5.70. The Balaban J connectivity index is 1.80. The molecule has 0 bridgehead atoms. The van der Waals surface area contributed by atoms with E-state index in [1.54, 1.807) is 7.11 Å². The molecule has 0 spiro atoms. The number of hydrogen-bond acceptors (Lipinski definition) is 3. The first kappa shape index (κ1) is 15.7. The highest BCUT2D eigenvalue weighted by atomic mass is 16.5. The number of carbonyl (C=O) groups is 1. The van der Waals surface area contributed by atoms with E-state index < -0.39 is 0 Å². The van der Waals surface area contributed by atoms with Gasteiger partial charge in [-0.25, -0.2) is 0 Å². The van der Waals surface area contributed by atoms with Crippen LogP contribution < -0.4 is 9.47 Å². The zero-order chi connectivity index (χ0) is 15.2. The van der Waals surface area contributed by atoms with Crippen molar-refractivity contribution in [1.82, 2.24) is 4.90 Å². The molecule has 4 heteroatoms. The SMILES string of the molecule is COc1ccc(OCCC(=O)N2C(C)CCCC2C)cc1. The molecule has 1 fully saturated rings. The molecule has 1 aromatic carbocycles. The quantitative estimate of drug-likeness (QED) is 0.836. The summed E-state index contributed by atoms with van der Waals surface area (Å²) in [6, 6.07) is 8.12. The first-order chi connectivity index (χ1) is 10.1. The van der Waals surface area contributed by atoms with E-state index in [0.717, 1.165) is 24.3 Å². The van der Waals surface area contributed by atoms with Gasteiger partial charge in [0.2, 0.25) is 5.91 Å². The molecule has 1 saturated heterocycles. The van der Waals surface area contributed by atoms with Gasteiger partial charge in [-0.05, 0) is 57.4 Å². The minimum absolute atomic E-state index is 0.197. The maximum absolute atomic E-state index is 12.3. The molecule has 0 aliphatic carbocycles. The maximum Gasteiger partial charge on any atom is 0.226 e. The van der Waals surface area contributed by atoms with Crippen LogP contribution in [-0.2, 0) is 4.79 Å². The van der Waals surface area contributed by atoms with Crippen LogP contribution in [-0.4, -0.2) is 36.6 Å². The lowest BCUT2D eigenvalue weighted by Gasteiger charge is -2.39. The number of likely N-dealkylation sites (tertiary alicyclic amines) is 1. The van der Waals surface area contributed by atoms with Crippen LogP contribution in [0.25, 0.3) is 0 Å². The monoisotopic (exact) mass is 291 g/mol. The fourth-order valence-corrected chi connectivity index (χ4v) is 2.97. The lowest BCUT2D eigenvalue weighted by atomic mass is 9.97. The predicted octanol–water partition coefficient (Wildman–Crippen LogP) is 3.25. The fourth-order valence-electron chi connectivity index (χ4n) is 2.97. The van der Waals surface area contributed by atoms with Crippen molar-refractivity contribution in [3.05, 3.63) is 24.3 Å². The van der Waals surface area contributed by atoms with Crippen molar-refractivity contribution in [3.8, 4) is 11.5 Å². The molecule has 4 nitrogen and oxygen atoms in total. The average molecular weight is 291 g/mol. The molecule has 2 atom stereocenters. The summed E-state index contributed by atoms with van der Waals surface area (Å²) in [6.07, 6.45) is 3.86. The Morgan fingerprint density at radius 2 is 1.71 bits per heavy atom. The summed E-state index contributed by atoms with van der Waals surface area (Å²) >= 11 is 0. The lowest BCUT2D eigenvalue weighted by Crippen LogP contribution is -2.47. The summed E-state index contributed by atoms with van der Waals surface area (Å²) in [4.78, 5) is 14.4. The maximum atomic E-state index is 12.3. The zero-order valence-corrected chi connectivity index (χ0v) is 13.2. The fraction of sp³-hybridized carbons (Fsp3) is 0.588. The molecule has 2 unspecified atom stereocenters. The number of amides is 1. The molecular formula is C17H25NO3. The van der Waals surface area contributed by atoms with E-state index >= 15 is 0 Å². The van der Waals surface area contributed by atoms with Gasteiger partial charge in [0.1, 0.15) is 11.5 Å². The second kappa shape index (κ2) is 7.34. The highest BCUT2D eigenvalue weighted by Crippen LogP contribution is 2.23. The Labute approximate surface area is 127 Å². The Bertz CT molecular complexity index is 448. The standard InChI is InChI=1S/C17H25NO3/c1-13-5-4-6-14(2)18(13)17(19)11-12-21-16-9-7-15(20-3)8-10-16/h7-10,13-14H,4-6,11-12H2,1-3H3. The number of piperidine rings is 1. The second-order valence-corrected chi connectivity index (χ2v) is 5.70. The van der Waals surface area contributed by atoms with Crippen molar-refractivity contribution in [2.24, 2.45) is 0 Å². The molecule has 1 aromatic rings. The highest BCUT2D eigenvalue weighted by Gasteiger charge is 2.28. The average Bonchev–Trinajstić information content (AvgIpc) is 2.48. The van der Waals surface area contributed by atoms with Crippen molar-refractivity contribution < 1.29 is 14.3 Å². The van der Waals surface area contributed by atoms with Crippen molar-refractivity contribution >= 4 is 5.91 Å². The van der Waals surface area contributed by atoms with E-state index in [-0.39, 0.29) is 5.91 Å². The number of rotatable bonds is 5. The number of ether oxygens (including phenoxy) is 2. The molecule has 1 heterocycles. The topological polar surface area (TPSA) is 38.8 Å². The third-order valence-corrected chi connectivity index (χ3v) is 4.13. The molecule has 1 amide bonds. The van der Waals surface area contributed by atoms with E-state index in [2.05, 4.69) is 13.8 Å². The van der Waals surface area contributed by atoms with Gasteiger partial charge in [0.15, 0.2) is 0 Å². The van der Waals surface area contributed by atoms with Crippen LogP contribution in [0.2, 0.25) is 0 Å². The van der Waals surface area contributed by atoms with E-state index in [4.69, 9.17) is 9.47 Å². The Morgan fingerprint density at radius 1 is 1.14 bits per heavy atom. The van der Waals surface area contributed by atoms with E-state index in [1.165, 1.54) is 6.42 Å². The van der Waals surface area contributed by atoms with Gasteiger partial charge in [0.05, 0.1) is 20.1 Å². The number of carbonyl (C=O) groups excluding carboxylic acids is 1. The van der Waals surface area contributed by atoms with Crippen molar-refractivity contribution in [1.29, 1.82) is 0 Å². The Kier molecular flexibility index (Phi) is 5.48. The van der Waals surface area contributed by atoms with Crippen molar-refractivity contribution in [2.45, 2.75) is 51.6 Å². The van der Waals surface area contributed by atoms with Crippen LogP contribution in [0.5, 0.6) is 11.5 Å². The zero-order valence-electron chi connectivity index (χ0n) is 13.2. The molecule has 1 aliphatic rings. The minimum Gasteiger partial charge on any atom is -0.497 e. The summed E-state index contributed by atoms with van der Waals surface area (Å²) < 4.78 is 10.7. The largest absolute Gasteiger partial charge is 0.497 e. The van der Waals surface area contributed by atoms with E-state index in [0.29, 0.717) is 25.1 Å². The summed E-state index contributed by atoms with van der Waals surface area (Å²) in [6.45, 7) is 4.69. The molecule has 1 aliphatic heterocycles. The van der Waals surface area contributed by atoms with Gasteiger partial charge in [-0.2, -0.15) is 0 Å². The Hall–Kier alpha value is -1.71. The van der Waals surface area contributed by atoms with Crippen LogP contribution in [0, 0.1) is 0 Å². The third-order valence-electron chi connectivity index (χ3n) is 4.13. The van der Waals surface area contributed by atoms with Crippen molar-refractivity contribution in [3.63, 3.8) is 0 Å². The van der Waals surface area contributed by atoms with Gasteiger partial charge in [-0.3, -0.25) is 4.79 Å². The van der Waals surface area contributed by atoms with Crippen LogP contribution >= 0.6 is 0 Å². The highest BCUT2D eigenvalue weighted by molar-refractivity contribution is 5.77. The number of methoxy groups -OCH3 is 1. The van der Waals surface area contributed by atoms with Crippen LogP contribution in [0.1, 0.15) is 39.5 Å². The minimum atomic E-state index is 0.197. The summed E-state index contributed by atoms with van der Waals surface area (Å²) in [5, 5.41) is 0. The summed E-state index contributed by atoms with van der Waals surface area (Å²) in [5.74, 6) is 1.76. The molecule has 21 heavy (non-hydrogen) atoms. The molecule has 0 radical (unpaired) electrons. The first-order valence-electron chi connectivity index (χ1n) is 7.70. The Morgan fingerprint density at radius 3 is 2.29 bits per heavy atom. The van der Waals surface area contributed by atoms with Gasteiger partial charge < -0.3 is 14.4 Å². The molecule has 0 saturated carbocycles. The molecule has 2 rings (SSSR count). The number of nitrogens with zero attached hydrogens (tertiary/aromatic N) is 1. The van der Waals surface area contributed by atoms with E-state index in [9.17, 15) is 4.79 Å². The van der Waals surface area contributed by atoms with Gasteiger partial charge >= 0.3 is 0 Å². The normalized spacial score (nSPS) is 22.0. The smallest absolute Gasteiger partial charge is 0.226 e. The summed E-state index contributed by atoms with van der Waals surface area (Å²) in [5.41, 5.74) is 0. The van der Waals surface area contributed by atoms with Gasteiger partial charge in [0.25, 0.3) is 0 Å². The van der Waals surface area contributed by atoms with Crippen LogP contribution in [0.15, 0.2) is 24.3 Å². The molecule has 0 N–H and O–H groups in total. The van der Waals surface area contributed by atoms with Gasteiger partial charge in [0, 0.05) is 12.1 Å². The number of benzene rings is 1. The predicted molar refractivity (Wildman–Crippen MR) is 82.7 cm³/mol. The van der Waals surface area contributed by atoms with Crippen molar-refractivity contribution in [2.75, 3.05) is 13.7 Å². The first-order valence-corrected chi connectivity index (χ1v) is 7.70. The lowest BCUT2D eigenvalue weighted by molar-refractivity contribution is -0.137. The van der Waals surface area contributed by atoms with Gasteiger partial charge in [-0.15, -0.1) is 0 Å². The van der Waals surface area contributed by atoms with Crippen LogP contribution in [0.4, 0.5) is 0 Å². The molecule has 0 aromatic heterocycles. The third kappa shape index (κ3) is 4.13. The summed E-state index contributed by atoms with van der Waals surface area (Å²) in [7, 11) is 1.63. The van der Waals surface area contributed by atoms with E-state index in [1.807, 2.05) is 29.2 Å². The van der Waals surface area contributed by atoms with Crippen LogP contribution in [0.3, 0.4) is 0 Å². The molecule has 116 valence electrons.